The number of amides is 1. The van der Waals surface area contributed by atoms with Crippen molar-refractivity contribution in [3.8, 4) is 22.5 Å². The van der Waals surface area contributed by atoms with Gasteiger partial charge in [-0.25, -0.2) is 4.98 Å². The predicted molar refractivity (Wildman–Crippen MR) is 140 cm³/mol. The Morgan fingerprint density at radius 2 is 1.95 bits per heavy atom. The Bertz CT molecular complexity index is 1420. The SMILES string of the molecule is CC[C@H](CCc1nc2c(-c3ccc(-c4ccn(CC)n4)nc3)cnn2c(N)c1C(C)=O)N(C)C(=O)CO. The normalized spacial score (nSPS) is 12.1. The van der Waals surface area contributed by atoms with Crippen LogP contribution in [0.1, 0.15) is 49.7 Å². The molecule has 0 bridgehead atoms. The van der Waals surface area contributed by atoms with Gasteiger partial charge in [-0.05, 0) is 45.2 Å². The van der Waals surface area contributed by atoms with Crippen LogP contribution in [0.5, 0.6) is 0 Å². The second kappa shape index (κ2) is 10.9. The lowest BCUT2D eigenvalue weighted by Gasteiger charge is -2.27. The van der Waals surface area contributed by atoms with E-state index in [1.54, 1.807) is 19.4 Å². The number of hydrogen-bond donors (Lipinski definition) is 2. The van der Waals surface area contributed by atoms with Gasteiger partial charge in [0.1, 0.15) is 18.1 Å². The van der Waals surface area contributed by atoms with Crippen molar-refractivity contribution in [1.29, 1.82) is 0 Å². The lowest BCUT2D eigenvalue weighted by atomic mass is 10.0. The van der Waals surface area contributed by atoms with Gasteiger partial charge in [-0.15, -0.1) is 0 Å². The van der Waals surface area contributed by atoms with Crippen molar-refractivity contribution in [3.05, 3.63) is 48.0 Å². The highest BCUT2D eigenvalue weighted by atomic mass is 16.3. The summed E-state index contributed by atoms with van der Waals surface area (Å²) in [4.78, 5) is 35.5. The highest BCUT2D eigenvalue weighted by molar-refractivity contribution is 6.00. The molecule has 0 aliphatic rings. The highest BCUT2D eigenvalue weighted by Gasteiger charge is 2.23. The van der Waals surface area contributed by atoms with Gasteiger partial charge in [0.15, 0.2) is 11.4 Å². The summed E-state index contributed by atoms with van der Waals surface area (Å²) in [5.41, 5.74) is 10.9. The molecular weight excluding hydrogens is 472 g/mol. The molecule has 4 aromatic rings. The van der Waals surface area contributed by atoms with Gasteiger partial charge in [0.2, 0.25) is 5.91 Å². The summed E-state index contributed by atoms with van der Waals surface area (Å²) >= 11 is 0. The van der Waals surface area contributed by atoms with Crippen molar-refractivity contribution in [3.63, 3.8) is 0 Å². The fraction of sp³-hybridized carbons (Fsp3) is 0.385. The molecule has 0 fully saturated rings. The third-order valence-corrected chi connectivity index (χ3v) is 6.67. The van der Waals surface area contributed by atoms with Crippen LogP contribution >= 0.6 is 0 Å². The number of rotatable bonds is 10. The predicted octanol–water partition coefficient (Wildman–Crippen LogP) is 2.62. The maximum Gasteiger partial charge on any atom is 0.248 e. The molecule has 4 heterocycles. The van der Waals surface area contributed by atoms with Crippen LogP contribution in [0.25, 0.3) is 28.2 Å². The lowest BCUT2D eigenvalue weighted by molar-refractivity contribution is -0.135. The molecule has 0 aromatic carbocycles. The summed E-state index contributed by atoms with van der Waals surface area (Å²) in [7, 11) is 1.67. The Labute approximate surface area is 214 Å². The molecule has 0 spiro atoms. The van der Waals surface area contributed by atoms with Crippen molar-refractivity contribution in [2.75, 3.05) is 19.4 Å². The van der Waals surface area contributed by atoms with Gasteiger partial charge < -0.3 is 15.7 Å². The zero-order valence-corrected chi connectivity index (χ0v) is 21.5. The molecule has 11 heteroatoms. The van der Waals surface area contributed by atoms with Gasteiger partial charge in [0.25, 0.3) is 0 Å². The van der Waals surface area contributed by atoms with Gasteiger partial charge in [0.05, 0.1) is 23.1 Å². The van der Waals surface area contributed by atoms with E-state index < -0.39 is 6.61 Å². The maximum absolute atomic E-state index is 12.5. The molecule has 0 saturated carbocycles. The number of fused-ring (bicyclic) bond motifs is 1. The summed E-state index contributed by atoms with van der Waals surface area (Å²) in [6, 6.07) is 5.64. The van der Waals surface area contributed by atoms with Crippen LogP contribution in [-0.4, -0.2) is 70.8 Å². The van der Waals surface area contributed by atoms with Gasteiger partial charge in [0, 0.05) is 43.2 Å². The Morgan fingerprint density at radius 3 is 2.54 bits per heavy atom. The number of likely N-dealkylation sites (N-methyl/N-ethyl adjacent to an activating group) is 1. The summed E-state index contributed by atoms with van der Waals surface area (Å²) in [5.74, 6) is -0.331. The highest BCUT2D eigenvalue weighted by Crippen LogP contribution is 2.29. The summed E-state index contributed by atoms with van der Waals surface area (Å²) in [5, 5.41) is 18.1. The fourth-order valence-corrected chi connectivity index (χ4v) is 4.50. The average Bonchev–Trinajstić information content (AvgIpc) is 3.56. The molecule has 0 aliphatic heterocycles. The van der Waals surface area contributed by atoms with Gasteiger partial charge in [-0.3, -0.25) is 19.3 Å². The minimum absolute atomic E-state index is 0.115. The van der Waals surface area contributed by atoms with Crippen molar-refractivity contribution in [1.82, 2.24) is 34.3 Å². The monoisotopic (exact) mass is 504 g/mol. The minimum Gasteiger partial charge on any atom is -0.387 e. The van der Waals surface area contributed by atoms with Crippen LogP contribution in [0.3, 0.4) is 0 Å². The molecule has 1 amide bonds. The summed E-state index contributed by atoms with van der Waals surface area (Å²) < 4.78 is 3.32. The standard InChI is InChI=1S/C26H32N8O3/c1-5-18(32(4)23(37)15-35)8-10-22-24(16(3)36)25(27)34-26(30-22)19(14-29-34)17-7-9-20(28-13-17)21-11-12-33(6-2)31-21/h7,9,11-14,18,35H,5-6,8,10,15,27H2,1-4H3/t18-/m1/s1. The number of ketones is 1. The zero-order valence-electron chi connectivity index (χ0n) is 21.5. The smallest absolute Gasteiger partial charge is 0.248 e. The van der Waals surface area contributed by atoms with E-state index in [4.69, 9.17) is 10.7 Å². The number of hydrogen-bond acceptors (Lipinski definition) is 8. The quantitative estimate of drug-likeness (QED) is 0.314. The number of nitrogens with two attached hydrogens (primary N) is 1. The Hall–Kier alpha value is -4.12. The first-order valence-corrected chi connectivity index (χ1v) is 12.3. The van der Waals surface area contributed by atoms with Crippen molar-refractivity contribution < 1.29 is 14.7 Å². The van der Waals surface area contributed by atoms with E-state index in [2.05, 4.69) is 15.2 Å². The van der Waals surface area contributed by atoms with Crippen LogP contribution in [0.4, 0.5) is 5.82 Å². The third kappa shape index (κ3) is 5.08. The molecule has 1 atom stereocenters. The minimum atomic E-state index is -0.546. The first kappa shape index (κ1) is 26.0. The number of aliphatic hydroxyl groups is 1. The van der Waals surface area contributed by atoms with Gasteiger partial charge in [-0.2, -0.15) is 14.7 Å². The van der Waals surface area contributed by atoms with E-state index in [1.807, 2.05) is 42.9 Å². The molecular formula is C26H32N8O3. The third-order valence-electron chi connectivity index (χ3n) is 6.67. The molecule has 0 saturated heterocycles. The van der Waals surface area contributed by atoms with E-state index in [9.17, 15) is 14.7 Å². The Balaban J connectivity index is 1.69. The molecule has 37 heavy (non-hydrogen) atoms. The van der Waals surface area contributed by atoms with E-state index in [1.165, 1.54) is 16.3 Å². The largest absolute Gasteiger partial charge is 0.387 e. The van der Waals surface area contributed by atoms with Crippen LogP contribution in [0, 0.1) is 0 Å². The molecule has 0 aliphatic carbocycles. The molecule has 194 valence electrons. The molecule has 4 rings (SSSR count). The first-order chi connectivity index (χ1) is 17.8. The van der Waals surface area contributed by atoms with Crippen LogP contribution in [-0.2, 0) is 17.8 Å². The van der Waals surface area contributed by atoms with E-state index in [-0.39, 0.29) is 23.6 Å². The van der Waals surface area contributed by atoms with Crippen molar-refractivity contribution >= 4 is 23.2 Å². The summed E-state index contributed by atoms with van der Waals surface area (Å²) in [6.45, 7) is 5.69. The zero-order chi connectivity index (χ0) is 26.7. The van der Waals surface area contributed by atoms with Crippen molar-refractivity contribution in [2.45, 2.75) is 52.6 Å². The lowest BCUT2D eigenvalue weighted by Crippen LogP contribution is -2.38. The number of aliphatic hydroxyl groups excluding tert-OH is 1. The topological polar surface area (TPSA) is 145 Å². The maximum atomic E-state index is 12.5. The molecule has 0 radical (unpaired) electrons. The number of aryl methyl sites for hydroxylation is 2. The van der Waals surface area contributed by atoms with Crippen LogP contribution < -0.4 is 5.73 Å². The second-order valence-corrected chi connectivity index (χ2v) is 8.92. The van der Waals surface area contributed by atoms with Gasteiger partial charge >= 0.3 is 0 Å². The molecule has 3 N–H and O–H groups in total. The number of nitrogen functional groups attached to an aromatic ring is 1. The van der Waals surface area contributed by atoms with Crippen molar-refractivity contribution in [2.24, 2.45) is 0 Å². The Morgan fingerprint density at radius 1 is 1.16 bits per heavy atom. The number of carbonyl (C=O) groups is 2. The molecule has 11 nitrogen and oxygen atoms in total. The number of carbonyl (C=O) groups excluding carboxylic acids is 2. The van der Waals surface area contributed by atoms with Crippen LogP contribution in [0.15, 0.2) is 36.8 Å². The van der Waals surface area contributed by atoms with E-state index in [0.717, 1.165) is 29.1 Å². The fourth-order valence-electron chi connectivity index (χ4n) is 4.50. The number of nitrogens with zero attached hydrogens (tertiary/aromatic N) is 7. The average molecular weight is 505 g/mol. The number of Topliss-reactive ketones (excluding diaryl/α,β-unsaturated/α-hetero) is 1. The van der Waals surface area contributed by atoms with E-state index >= 15 is 0 Å². The Kier molecular flexibility index (Phi) is 7.63. The summed E-state index contributed by atoms with van der Waals surface area (Å²) in [6.07, 6.45) is 7.01. The van der Waals surface area contributed by atoms with Gasteiger partial charge in [-0.1, -0.05) is 13.0 Å². The number of pyridine rings is 1. The first-order valence-electron chi connectivity index (χ1n) is 12.3. The number of anilines is 1. The van der Waals surface area contributed by atoms with Crippen LogP contribution in [0.2, 0.25) is 0 Å². The second-order valence-electron chi connectivity index (χ2n) is 8.92. The molecule has 4 aromatic heterocycles. The van der Waals surface area contributed by atoms with E-state index in [0.29, 0.717) is 36.2 Å². The number of aromatic nitrogens is 6. The molecule has 0 unspecified atom stereocenters.